The van der Waals surface area contributed by atoms with Crippen LogP contribution in [-0.4, -0.2) is 118 Å². The zero-order chi connectivity index (χ0) is 89.7. The number of carbonyl (C=O) groups excluding carboxylic acids is 3. The van der Waals surface area contributed by atoms with E-state index in [4.69, 9.17) is 34.6 Å². The van der Waals surface area contributed by atoms with Gasteiger partial charge in [0.25, 0.3) is 0 Å². The Kier molecular flexibility index (Phi) is 112. The van der Waals surface area contributed by atoms with Gasteiger partial charge in [-0.2, -0.15) is 0 Å². The van der Waals surface area contributed by atoms with Gasteiger partial charge < -0.3 is 50.0 Å². The Bertz CT molecular complexity index is 1840. The first-order valence-electron chi connectivity index (χ1n) is 53.7. The van der Waals surface area contributed by atoms with Crippen molar-refractivity contribution in [3.63, 3.8) is 0 Å². The number of carboxylic acids is 1. The Labute approximate surface area is 752 Å². The molecule has 0 spiro atoms. The van der Waals surface area contributed by atoms with E-state index in [1.807, 2.05) is 0 Å². The van der Waals surface area contributed by atoms with Crippen LogP contribution in [0.15, 0.2) is 0 Å². The molecule has 726 valence electrons. The van der Waals surface area contributed by atoms with Crippen LogP contribution in [0.3, 0.4) is 0 Å². The van der Waals surface area contributed by atoms with Crippen LogP contribution in [0.2, 0.25) is 0 Å². The summed E-state index contributed by atoms with van der Waals surface area (Å²) in [5, 5.41) is 65.1. The molecule has 121 heavy (non-hydrogen) atoms. The Morgan fingerprint density at radius 2 is 0.331 bits per heavy atom. The number of aliphatic hydroxyl groups excluding tert-OH is 6. The summed E-state index contributed by atoms with van der Waals surface area (Å²) in [5.74, 6) is 1.28. The van der Waals surface area contributed by atoms with Crippen LogP contribution in [-0.2, 0) is 33.4 Å². The highest BCUT2D eigenvalue weighted by atomic mass is 16.5. The molecule has 0 saturated heterocycles. The predicted octanol–water partition coefficient (Wildman–Crippen LogP) is 31.3. The van der Waals surface area contributed by atoms with E-state index in [1.54, 1.807) is 0 Å². The molecule has 0 bridgehead atoms. The van der Waals surface area contributed by atoms with E-state index in [0.29, 0.717) is 69.2 Å². The Hall–Kier alpha value is -2.36. The van der Waals surface area contributed by atoms with Crippen LogP contribution in [0.25, 0.3) is 0 Å². The van der Waals surface area contributed by atoms with Gasteiger partial charge in [0, 0.05) is 45.5 Å². The van der Waals surface area contributed by atoms with Crippen molar-refractivity contribution < 1.29 is 69.1 Å². The molecule has 0 aromatic carbocycles. The van der Waals surface area contributed by atoms with Crippen LogP contribution < -0.4 is 0 Å². The zero-order valence-electron chi connectivity index (χ0n) is 82.3. The Balaban J connectivity index is -0.000000841. The molecule has 0 radical (unpaired) electrons. The molecule has 14 heteroatoms. The summed E-state index contributed by atoms with van der Waals surface area (Å²) >= 11 is 0. The van der Waals surface area contributed by atoms with Crippen molar-refractivity contribution in [3.05, 3.63) is 0 Å². The number of carboxylic acid groups (broad SMARTS) is 1. The molecular formula is C107H214O14. The van der Waals surface area contributed by atoms with Crippen molar-refractivity contribution in [2.24, 2.45) is 23.7 Å². The maximum Gasteiger partial charge on any atom is 0.306 e. The number of hydrogen-bond donors (Lipinski definition) is 7. The van der Waals surface area contributed by atoms with Gasteiger partial charge in [0.05, 0.1) is 38.1 Å². The highest BCUT2D eigenvalue weighted by Gasteiger charge is 2.20. The summed E-state index contributed by atoms with van der Waals surface area (Å²) in [7, 11) is 0. The number of unbranched alkanes of at least 4 members (excludes halogenated alkanes) is 50. The fourth-order valence-corrected chi connectivity index (χ4v) is 16.9. The molecule has 0 amide bonds. The van der Waals surface area contributed by atoms with Crippen molar-refractivity contribution >= 4 is 23.9 Å². The predicted molar refractivity (Wildman–Crippen MR) is 518 cm³/mol. The molecule has 0 aliphatic heterocycles. The van der Waals surface area contributed by atoms with Gasteiger partial charge in [-0.3, -0.25) is 19.2 Å². The van der Waals surface area contributed by atoms with Crippen LogP contribution in [0.1, 0.15) is 582 Å². The number of aliphatic carboxylic acids is 1. The molecular weight excluding hydrogens is 1510 g/mol. The summed E-state index contributed by atoms with van der Waals surface area (Å²) in [5.41, 5.74) is 0. The third-order valence-corrected chi connectivity index (χ3v) is 25.0. The molecule has 14 nitrogen and oxygen atoms in total. The second-order valence-electron chi connectivity index (χ2n) is 37.3. The number of carbonyl (C=O) groups is 4. The number of ether oxygens (including phenoxy) is 3. The first kappa shape index (κ1) is 125. The standard InChI is InChI=1S/C47H92O5.C30H60O4.C17H34O2.C13H28O3/c1-5-9-13-17-25-33-43(34-26-18-14-10-6-2)41-46(49)51-39-31-23-21-29-37-45(48)38-30-22-24-32-40-52-47(50)42-44(35-27-19-15-11-7-3)36-28-20-16-12-8-4;1-3-5-7-9-15-21-28(22-16-10-8-6-4-2)27-30(33)34-26-20-14-12-18-24-29(32)23-17-11-13-19-25-31;1-3-5-7-9-11-13-16(15-17(18)19)14-12-10-8-6-4-2;14-11-7-3-1-5-9-13(16)10-6-2-4-8-12-15/h43-45,48H,5-42H2,1-4H3;28-29,31-32H,3-27H2,1-2H3;16H,3-15H2,1-2H3,(H,18,19);13-16H,1-12H2. The van der Waals surface area contributed by atoms with Gasteiger partial charge in [0.1, 0.15) is 0 Å². The van der Waals surface area contributed by atoms with Gasteiger partial charge in [-0.05, 0) is 152 Å². The number of esters is 3. The summed E-state index contributed by atoms with van der Waals surface area (Å²) in [4.78, 5) is 48.5. The molecule has 0 aliphatic rings. The third kappa shape index (κ3) is 108. The highest BCUT2D eigenvalue weighted by molar-refractivity contribution is 5.70. The van der Waals surface area contributed by atoms with E-state index in [0.717, 1.165) is 205 Å². The summed E-state index contributed by atoms with van der Waals surface area (Å²) < 4.78 is 16.9. The minimum atomic E-state index is -0.618. The average Bonchev–Trinajstić information content (AvgIpc) is 0.972. The SMILES string of the molecule is CCCCCCCC(CCCCCCC)CC(=O)O.CCCCCCCC(CCCCCCC)CC(=O)OCCCCCCC(O)CCCCCCO.CCCCCCCC(CCCCCCC)CC(=O)OCCCCCCC(O)CCCCCCOC(=O)CC(CCCCCCC)CCCCCCC.OCCCCCCC(O)CCCCCCO. The van der Waals surface area contributed by atoms with E-state index in [-0.39, 0.29) is 56.0 Å². The molecule has 0 aromatic heterocycles. The van der Waals surface area contributed by atoms with Crippen molar-refractivity contribution in [2.75, 3.05) is 39.6 Å². The van der Waals surface area contributed by atoms with Gasteiger partial charge in [-0.1, -0.05) is 428 Å². The lowest BCUT2D eigenvalue weighted by atomic mass is 9.91. The molecule has 0 rings (SSSR count). The first-order valence-corrected chi connectivity index (χ1v) is 53.7. The largest absolute Gasteiger partial charge is 0.481 e. The number of hydrogen-bond acceptors (Lipinski definition) is 13. The second kappa shape index (κ2) is 108. The molecule has 0 saturated carbocycles. The van der Waals surface area contributed by atoms with Crippen LogP contribution in [0.4, 0.5) is 0 Å². The topological polar surface area (TPSA) is 238 Å². The minimum Gasteiger partial charge on any atom is -0.481 e. The molecule has 0 aliphatic carbocycles. The zero-order valence-corrected chi connectivity index (χ0v) is 82.3. The molecule has 0 fully saturated rings. The number of rotatable bonds is 95. The van der Waals surface area contributed by atoms with Crippen molar-refractivity contribution in [1.29, 1.82) is 0 Å². The smallest absolute Gasteiger partial charge is 0.306 e. The quantitative estimate of drug-likeness (QED) is 0.0170. The van der Waals surface area contributed by atoms with Gasteiger partial charge in [0.2, 0.25) is 0 Å². The van der Waals surface area contributed by atoms with Crippen LogP contribution >= 0.6 is 0 Å². The van der Waals surface area contributed by atoms with Gasteiger partial charge >= 0.3 is 23.9 Å². The molecule has 0 aromatic rings. The van der Waals surface area contributed by atoms with E-state index < -0.39 is 5.97 Å². The van der Waals surface area contributed by atoms with Gasteiger partial charge in [0.15, 0.2) is 0 Å². The summed E-state index contributed by atoms with van der Waals surface area (Å²) in [6, 6.07) is 0. The van der Waals surface area contributed by atoms with E-state index in [1.165, 1.54) is 295 Å². The minimum absolute atomic E-state index is 0.00124. The lowest BCUT2D eigenvalue weighted by Crippen LogP contribution is -2.13. The molecule has 7 N–H and O–H groups in total. The molecule has 1 atom stereocenters. The van der Waals surface area contributed by atoms with Crippen molar-refractivity contribution in [3.8, 4) is 0 Å². The lowest BCUT2D eigenvalue weighted by Gasteiger charge is -2.16. The second-order valence-corrected chi connectivity index (χ2v) is 37.3. The monoisotopic (exact) mass is 1720 g/mol. The normalized spacial score (nSPS) is 11.7. The first-order chi connectivity index (χ1) is 59.1. The Morgan fingerprint density at radius 1 is 0.190 bits per heavy atom. The lowest BCUT2D eigenvalue weighted by molar-refractivity contribution is -0.146. The van der Waals surface area contributed by atoms with Crippen molar-refractivity contribution in [2.45, 2.75) is 600 Å². The van der Waals surface area contributed by atoms with E-state index in [9.17, 15) is 34.5 Å². The summed E-state index contributed by atoms with van der Waals surface area (Å²) in [6.07, 6.45) is 92.3. The van der Waals surface area contributed by atoms with Gasteiger partial charge in [-0.15, -0.1) is 0 Å². The maximum absolute atomic E-state index is 12.6. The van der Waals surface area contributed by atoms with Gasteiger partial charge in [-0.25, -0.2) is 0 Å². The third-order valence-electron chi connectivity index (χ3n) is 25.0. The van der Waals surface area contributed by atoms with Crippen LogP contribution in [0, 0.1) is 23.7 Å². The molecule has 0 heterocycles. The number of aliphatic hydroxyl groups is 6. The van der Waals surface area contributed by atoms with E-state index >= 15 is 0 Å². The fourth-order valence-electron chi connectivity index (χ4n) is 16.9. The highest BCUT2D eigenvalue weighted by Crippen LogP contribution is 2.28. The maximum atomic E-state index is 12.6. The average molecular weight is 1720 g/mol. The Morgan fingerprint density at radius 3 is 0.488 bits per heavy atom. The fraction of sp³-hybridized carbons (Fsp3) is 0.963. The summed E-state index contributed by atoms with van der Waals surface area (Å²) in [6.45, 7) is 20.5. The van der Waals surface area contributed by atoms with Crippen molar-refractivity contribution in [1.82, 2.24) is 0 Å². The van der Waals surface area contributed by atoms with E-state index in [2.05, 4.69) is 55.4 Å². The molecule has 1 unspecified atom stereocenters. The van der Waals surface area contributed by atoms with Crippen LogP contribution in [0.5, 0.6) is 0 Å².